The van der Waals surface area contributed by atoms with Gasteiger partial charge in [-0.15, -0.1) is 24.0 Å². The summed E-state index contributed by atoms with van der Waals surface area (Å²) in [6, 6.07) is 18.9. The molecule has 1 unspecified atom stereocenters. The average molecular weight is 534 g/mol. The molecule has 0 aliphatic carbocycles. The number of nitrogens with one attached hydrogen (secondary N) is 2. The summed E-state index contributed by atoms with van der Waals surface area (Å²) in [5.41, 5.74) is 3.95. The first-order valence-corrected chi connectivity index (χ1v) is 11.1. The molecular weight excluding hydrogens is 499 g/mol. The lowest BCUT2D eigenvalue weighted by Crippen LogP contribution is -2.39. The van der Waals surface area contributed by atoms with E-state index in [-0.39, 0.29) is 29.9 Å². The van der Waals surface area contributed by atoms with Crippen LogP contribution in [-0.4, -0.2) is 42.9 Å². The Labute approximate surface area is 203 Å². The monoisotopic (exact) mass is 534 g/mol. The van der Waals surface area contributed by atoms with Crippen molar-refractivity contribution in [1.82, 2.24) is 15.5 Å². The lowest BCUT2D eigenvalue weighted by atomic mass is 9.99. The summed E-state index contributed by atoms with van der Waals surface area (Å²) < 4.78 is 0. The number of amides is 1. The predicted molar refractivity (Wildman–Crippen MR) is 139 cm³/mol. The molecule has 0 spiro atoms. The molecule has 31 heavy (non-hydrogen) atoms. The standard InChI is InChI=1S/C25H34N4O.HI/c1-3-26-25(28-18-20(2)21-10-5-4-6-11-21)27-16-9-14-24(30)29-17-15-22-12-7-8-13-23(22)19-29;/h4-8,10-13,20H,3,9,14-19H2,1-2H3,(H2,26,27,28);1H. The average Bonchev–Trinajstić information content (AvgIpc) is 2.80. The molecule has 1 atom stereocenters. The third-order valence-electron chi connectivity index (χ3n) is 5.58. The number of halogens is 1. The number of carbonyl (C=O) groups is 1. The Hall–Kier alpha value is -2.09. The number of benzene rings is 2. The number of hydrogen-bond acceptors (Lipinski definition) is 2. The van der Waals surface area contributed by atoms with Gasteiger partial charge in [-0.3, -0.25) is 9.79 Å². The molecule has 6 heteroatoms. The van der Waals surface area contributed by atoms with Gasteiger partial charge in [0.05, 0.1) is 0 Å². The highest BCUT2D eigenvalue weighted by Gasteiger charge is 2.19. The van der Waals surface area contributed by atoms with Crippen molar-refractivity contribution in [3.8, 4) is 0 Å². The molecule has 0 aromatic heterocycles. The van der Waals surface area contributed by atoms with Crippen molar-refractivity contribution >= 4 is 35.8 Å². The fourth-order valence-electron chi connectivity index (χ4n) is 3.77. The summed E-state index contributed by atoms with van der Waals surface area (Å²) in [7, 11) is 0. The molecule has 168 valence electrons. The molecule has 0 saturated carbocycles. The zero-order valence-electron chi connectivity index (χ0n) is 18.6. The zero-order chi connectivity index (χ0) is 21.2. The topological polar surface area (TPSA) is 56.7 Å². The highest BCUT2D eigenvalue weighted by atomic mass is 127. The molecule has 2 N–H and O–H groups in total. The maximum atomic E-state index is 12.6. The van der Waals surface area contributed by atoms with Gasteiger partial charge in [0.1, 0.15) is 0 Å². The van der Waals surface area contributed by atoms with Gasteiger partial charge in [-0.2, -0.15) is 0 Å². The second-order valence-electron chi connectivity index (χ2n) is 7.90. The SMILES string of the molecule is CCNC(=NCC(C)c1ccccc1)NCCCC(=O)N1CCc2ccccc2C1.I. The molecule has 5 nitrogen and oxygen atoms in total. The number of carbonyl (C=O) groups excluding carboxylic acids is 1. The van der Waals surface area contributed by atoms with E-state index in [9.17, 15) is 4.79 Å². The molecule has 1 aliphatic rings. The first-order valence-electron chi connectivity index (χ1n) is 11.1. The van der Waals surface area contributed by atoms with Crippen LogP contribution in [0.5, 0.6) is 0 Å². The van der Waals surface area contributed by atoms with Crippen LogP contribution < -0.4 is 10.6 Å². The van der Waals surface area contributed by atoms with Gasteiger partial charge in [0.15, 0.2) is 5.96 Å². The van der Waals surface area contributed by atoms with Crippen LogP contribution in [0.4, 0.5) is 0 Å². The Bertz CT molecular complexity index is 840. The summed E-state index contributed by atoms with van der Waals surface area (Å²) in [6.07, 6.45) is 2.32. The fraction of sp³-hybridized carbons (Fsp3) is 0.440. The smallest absolute Gasteiger partial charge is 0.222 e. The van der Waals surface area contributed by atoms with Crippen LogP contribution in [0, 0.1) is 0 Å². The van der Waals surface area contributed by atoms with Crippen molar-refractivity contribution < 1.29 is 4.79 Å². The lowest BCUT2D eigenvalue weighted by Gasteiger charge is -2.29. The maximum absolute atomic E-state index is 12.6. The van der Waals surface area contributed by atoms with Crippen molar-refractivity contribution in [2.45, 2.75) is 45.6 Å². The second-order valence-corrected chi connectivity index (χ2v) is 7.90. The summed E-state index contributed by atoms with van der Waals surface area (Å²) in [4.78, 5) is 19.3. The molecule has 1 heterocycles. The Balaban J connectivity index is 0.00000341. The van der Waals surface area contributed by atoms with Gasteiger partial charge < -0.3 is 15.5 Å². The predicted octanol–water partition coefficient (Wildman–Crippen LogP) is 4.33. The third kappa shape index (κ3) is 7.83. The van der Waals surface area contributed by atoms with Gasteiger partial charge in [-0.05, 0) is 36.5 Å². The summed E-state index contributed by atoms with van der Waals surface area (Å²) in [6.45, 7) is 8.10. The number of rotatable bonds is 8. The van der Waals surface area contributed by atoms with E-state index in [2.05, 4.69) is 73.0 Å². The molecule has 0 radical (unpaired) electrons. The van der Waals surface area contributed by atoms with Crippen LogP contribution in [0.3, 0.4) is 0 Å². The van der Waals surface area contributed by atoms with Crippen molar-refractivity contribution in [2.24, 2.45) is 4.99 Å². The molecule has 0 fully saturated rings. The van der Waals surface area contributed by atoms with Gasteiger partial charge in [-0.25, -0.2) is 0 Å². The van der Waals surface area contributed by atoms with Crippen LogP contribution in [0.2, 0.25) is 0 Å². The number of guanidine groups is 1. The Kier molecular flexibility index (Phi) is 10.8. The zero-order valence-corrected chi connectivity index (χ0v) is 21.0. The van der Waals surface area contributed by atoms with E-state index in [1.807, 2.05) is 11.0 Å². The van der Waals surface area contributed by atoms with Gasteiger partial charge in [0.2, 0.25) is 5.91 Å². The van der Waals surface area contributed by atoms with Crippen LogP contribution in [-0.2, 0) is 17.8 Å². The van der Waals surface area contributed by atoms with Gasteiger partial charge in [0.25, 0.3) is 0 Å². The van der Waals surface area contributed by atoms with E-state index in [4.69, 9.17) is 4.99 Å². The van der Waals surface area contributed by atoms with Gasteiger partial charge in [0, 0.05) is 45.1 Å². The minimum Gasteiger partial charge on any atom is -0.357 e. The lowest BCUT2D eigenvalue weighted by molar-refractivity contribution is -0.132. The number of aliphatic imine (C=N–C) groups is 1. The third-order valence-corrected chi connectivity index (χ3v) is 5.58. The maximum Gasteiger partial charge on any atom is 0.222 e. The summed E-state index contributed by atoms with van der Waals surface area (Å²) in [5.74, 6) is 1.43. The van der Waals surface area contributed by atoms with E-state index in [1.165, 1.54) is 16.7 Å². The van der Waals surface area contributed by atoms with Gasteiger partial charge >= 0.3 is 0 Å². The van der Waals surface area contributed by atoms with Gasteiger partial charge in [-0.1, -0.05) is 61.5 Å². The number of hydrogen-bond donors (Lipinski definition) is 2. The minimum absolute atomic E-state index is 0. The van der Waals surface area contributed by atoms with Crippen molar-refractivity contribution in [3.05, 3.63) is 71.3 Å². The molecule has 2 aromatic carbocycles. The Morgan fingerprint density at radius 2 is 1.77 bits per heavy atom. The molecular formula is C25H35IN4O. The molecule has 0 saturated heterocycles. The summed E-state index contributed by atoms with van der Waals surface area (Å²) in [5, 5.41) is 6.67. The second kappa shape index (κ2) is 13.3. The van der Waals surface area contributed by atoms with Crippen LogP contribution in [0.1, 0.15) is 49.3 Å². The normalized spacial score (nSPS) is 14.3. The Morgan fingerprint density at radius 1 is 1.06 bits per heavy atom. The van der Waals surface area contributed by atoms with Crippen molar-refractivity contribution in [3.63, 3.8) is 0 Å². The van der Waals surface area contributed by atoms with E-state index >= 15 is 0 Å². The van der Waals surface area contributed by atoms with Crippen LogP contribution in [0.25, 0.3) is 0 Å². The molecule has 3 rings (SSSR count). The van der Waals surface area contributed by atoms with E-state index < -0.39 is 0 Å². The molecule has 0 bridgehead atoms. The first kappa shape index (κ1) is 25.2. The van der Waals surface area contributed by atoms with Crippen LogP contribution >= 0.6 is 24.0 Å². The number of fused-ring (bicyclic) bond motifs is 1. The van der Waals surface area contributed by atoms with E-state index in [0.717, 1.165) is 51.5 Å². The largest absolute Gasteiger partial charge is 0.357 e. The highest BCUT2D eigenvalue weighted by molar-refractivity contribution is 14.0. The van der Waals surface area contributed by atoms with Crippen molar-refractivity contribution in [2.75, 3.05) is 26.2 Å². The molecule has 1 aliphatic heterocycles. The molecule has 2 aromatic rings. The van der Waals surface area contributed by atoms with Crippen LogP contribution in [0.15, 0.2) is 59.6 Å². The fourth-order valence-corrected chi connectivity index (χ4v) is 3.77. The number of nitrogens with zero attached hydrogens (tertiary/aromatic N) is 2. The highest BCUT2D eigenvalue weighted by Crippen LogP contribution is 2.19. The molecule has 1 amide bonds. The summed E-state index contributed by atoms with van der Waals surface area (Å²) >= 11 is 0. The van der Waals surface area contributed by atoms with Crippen molar-refractivity contribution in [1.29, 1.82) is 0 Å². The Morgan fingerprint density at radius 3 is 2.52 bits per heavy atom. The quantitative estimate of drug-likeness (QED) is 0.230. The van der Waals surface area contributed by atoms with E-state index in [1.54, 1.807) is 0 Å². The van der Waals surface area contributed by atoms with E-state index in [0.29, 0.717) is 12.3 Å². The minimum atomic E-state index is 0. The first-order chi connectivity index (χ1) is 14.7.